The van der Waals surface area contributed by atoms with E-state index in [9.17, 15) is 0 Å². The number of nitrogens with zero attached hydrogens (tertiary/aromatic N) is 5. The number of aromatic nitrogens is 2. The Kier molecular flexibility index (Phi) is 6.49. The smallest absolute Gasteiger partial charge is 0.0594 e. The molecule has 0 bridgehead atoms. The Bertz CT molecular complexity index is 528. The summed E-state index contributed by atoms with van der Waals surface area (Å²) in [6.07, 6.45) is 6.84. The highest BCUT2D eigenvalue weighted by molar-refractivity contribution is 5.13. The average Bonchev–Trinajstić information content (AvgIpc) is 3.01. The molecule has 0 N–H and O–H groups in total. The molecule has 1 aromatic heterocycles. The summed E-state index contributed by atoms with van der Waals surface area (Å²) in [4.78, 5) is 7.62. The maximum atomic E-state index is 5.47. The van der Waals surface area contributed by atoms with E-state index in [0.717, 1.165) is 39.4 Å². The van der Waals surface area contributed by atoms with Gasteiger partial charge in [0, 0.05) is 57.1 Å². The Hall–Kier alpha value is -0.950. The van der Waals surface area contributed by atoms with Crippen LogP contribution in [-0.2, 0) is 11.8 Å². The normalized spacial score (nSPS) is 27.7. The maximum Gasteiger partial charge on any atom is 0.0594 e. The molecule has 2 aliphatic heterocycles. The average molecular weight is 350 g/mol. The minimum Gasteiger partial charge on any atom is -0.379 e. The van der Waals surface area contributed by atoms with Crippen LogP contribution in [0.3, 0.4) is 0 Å². The van der Waals surface area contributed by atoms with Crippen LogP contribution in [0.5, 0.6) is 0 Å². The van der Waals surface area contributed by atoms with Crippen molar-refractivity contribution in [3.05, 3.63) is 18.0 Å². The van der Waals surface area contributed by atoms with Crippen LogP contribution in [0.15, 0.2) is 12.4 Å². The van der Waals surface area contributed by atoms with Crippen molar-refractivity contribution in [1.29, 1.82) is 0 Å². The Morgan fingerprint density at radius 3 is 2.72 bits per heavy atom. The third kappa shape index (κ3) is 4.82. The van der Waals surface area contributed by atoms with Crippen molar-refractivity contribution in [2.45, 2.75) is 31.8 Å². The Labute approximate surface area is 152 Å². The molecule has 6 nitrogen and oxygen atoms in total. The third-order valence-electron chi connectivity index (χ3n) is 5.97. The number of ether oxygens (including phenoxy) is 1. The molecule has 0 unspecified atom stereocenters. The van der Waals surface area contributed by atoms with E-state index < -0.39 is 0 Å². The zero-order chi connectivity index (χ0) is 17.8. The molecule has 2 aliphatic rings. The quantitative estimate of drug-likeness (QED) is 0.777. The van der Waals surface area contributed by atoms with Crippen LogP contribution in [0.2, 0.25) is 0 Å². The molecular formula is C19H35N5O. The Morgan fingerprint density at radius 2 is 2.04 bits per heavy atom. The van der Waals surface area contributed by atoms with Crippen molar-refractivity contribution in [1.82, 2.24) is 24.5 Å². The zero-order valence-corrected chi connectivity index (χ0v) is 16.4. The molecular weight excluding hydrogens is 314 g/mol. The minimum atomic E-state index is 0.487. The summed E-state index contributed by atoms with van der Waals surface area (Å²) in [6.45, 7) is 9.74. The van der Waals surface area contributed by atoms with Crippen molar-refractivity contribution in [3.8, 4) is 0 Å². The summed E-state index contributed by atoms with van der Waals surface area (Å²) >= 11 is 0. The number of aryl methyl sites for hydroxylation is 1. The lowest BCUT2D eigenvalue weighted by atomic mass is 9.85. The van der Waals surface area contributed by atoms with Crippen LogP contribution in [0.25, 0.3) is 0 Å². The molecule has 3 rings (SSSR count). The SMILES string of the molecule is C[C@H](CN1CCOCC1)N(C)C[C@@H]1CCCN(C)[C@H]1c1cnn(C)c1. The molecule has 2 saturated heterocycles. The molecule has 0 aromatic carbocycles. The number of morpholine rings is 1. The summed E-state index contributed by atoms with van der Waals surface area (Å²) in [5, 5.41) is 4.41. The van der Waals surface area contributed by atoms with E-state index in [-0.39, 0.29) is 0 Å². The first-order valence-electron chi connectivity index (χ1n) is 9.73. The predicted octanol–water partition coefficient (Wildman–Crippen LogP) is 1.46. The first-order valence-corrected chi connectivity index (χ1v) is 9.73. The molecule has 142 valence electrons. The largest absolute Gasteiger partial charge is 0.379 e. The fraction of sp³-hybridized carbons (Fsp3) is 0.842. The van der Waals surface area contributed by atoms with Crippen LogP contribution in [0, 0.1) is 5.92 Å². The number of likely N-dealkylation sites (tertiary alicyclic amines) is 1. The molecule has 0 radical (unpaired) electrons. The number of piperidine rings is 1. The molecule has 1 aromatic rings. The summed E-state index contributed by atoms with van der Waals surface area (Å²) in [5.74, 6) is 0.667. The van der Waals surface area contributed by atoms with Gasteiger partial charge in [-0.25, -0.2) is 0 Å². The van der Waals surface area contributed by atoms with Gasteiger partial charge in [-0.1, -0.05) is 0 Å². The highest BCUT2D eigenvalue weighted by Crippen LogP contribution is 2.35. The Balaban J connectivity index is 1.60. The van der Waals surface area contributed by atoms with Gasteiger partial charge in [-0.05, 0) is 46.3 Å². The van der Waals surface area contributed by atoms with E-state index in [4.69, 9.17) is 4.74 Å². The van der Waals surface area contributed by atoms with E-state index in [1.54, 1.807) is 0 Å². The van der Waals surface area contributed by atoms with Gasteiger partial charge < -0.3 is 9.64 Å². The second-order valence-electron chi connectivity index (χ2n) is 7.98. The van der Waals surface area contributed by atoms with Gasteiger partial charge in [0.2, 0.25) is 0 Å². The standard InChI is InChI=1S/C19H35N5O/c1-16(13-24-8-10-25-11-9-24)22(3)14-17-6-5-7-21(2)19(17)18-12-20-23(4)15-18/h12,15-17,19H,5-11,13-14H2,1-4H3/t16-,17+,19-/m1/s1. The molecule has 25 heavy (non-hydrogen) atoms. The lowest BCUT2D eigenvalue weighted by Crippen LogP contribution is -2.48. The van der Waals surface area contributed by atoms with Gasteiger partial charge in [-0.15, -0.1) is 0 Å². The van der Waals surface area contributed by atoms with Crippen molar-refractivity contribution >= 4 is 0 Å². The minimum absolute atomic E-state index is 0.487. The molecule has 2 fully saturated rings. The molecule has 0 saturated carbocycles. The highest BCUT2D eigenvalue weighted by Gasteiger charge is 2.32. The Morgan fingerprint density at radius 1 is 1.28 bits per heavy atom. The van der Waals surface area contributed by atoms with E-state index >= 15 is 0 Å². The lowest BCUT2D eigenvalue weighted by molar-refractivity contribution is 0.0215. The van der Waals surface area contributed by atoms with Crippen LogP contribution < -0.4 is 0 Å². The van der Waals surface area contributed by atoms with Gasteiger partial charge in [0.25, 0.3) is 0 Å². The summed E-state index contributed by atoms with van der Waals surface area (Å²) in [6, 6.07) is 1.06. The van der Waals surface area contributed by atoms with Crippen molar-refractivity contribution in [2.24, 2.45) is 13.0 Å². The predicted molar refractivity (Wildman–Crippen MR) is 101 cm³/mol. The maximum absolute atomic E-state index is 5.47. The van der Waals surface area contributed by atoms with Gasteiger partial charge in [0.15, 0.2) is 0 Å². The van der Waals surface area contributed by atoms with Crippen LogP contribution in [0.4, 0.5) is 0 Å². The van der Waals surface area contributed by atoms with Gasteiger partial charge >= 0.3 is 0 Å². The molecule has 6 heteroatoms. The fourth-order valence-electron chi connectivity index (χ4n) is 4.42. The first-order chi connectivity index (χ1) is 12.0. The number of likely N-dealkylation sites (N-methyl/N-ethyl adjacent to an activating group) is 1. The van der Waals surface area contributed by atoms with Crippen LogP contribution in [0.1, 0.15) is 31.4 Å². The molecule has 0 amide bonds. The molecule has 3 atom stereocenters. The van der Waals surface area contributed by atoms with Crippen LogP contribution >= 0.6 is 0 Å². The third-order valence-corrected chi connectivity index (χ3v) is 5.97. The fourth-order valence-corrected chi connectivity index (χ4v) is 4.42. The number of rotatable bonds is 6. The van der Waals surface area contributed by atoms with Gasteiger partial charge in [0.05, 0.1) is 19.4 Å². The van der Waals surface area contributed by atoms with Gasteiger partial charge in [-0.2, -0.15) is 5.10 Å². The zero-order valence-electron chi connectivity index (χ0n) is 16.4. The van der Waals surface area contributed by atoms with E-state index in [2.05, 4.69) is 53.2 Å². The van der Waals surface area contributed by atoms with Crippen molar-refractivity contribution < 1.29 is 4.74 Å². The summed E-state index contributed by atoms with van der Waals surface area (Å²) < 4.78 is 7.40. The second kappa shape index (κ2) is 8.62. The van der Waals surface area contributed by atoms with E-state index in [1.807, 2.05) is 11.7 Å². The van der Waals surface area contributed by atoms with Crippen LogP contribution in [-0.4, -0.2) is 90.6 Å². The summed E-state index contributed by atoms with van der Waals surface area (Å²) in [7, 11) is 6.57. The van der Waals surface area contributed by atoms with Crippen molar-refractivity contribution in [2.75, 3.05) is 60.0 Å². The van der Waals surface area contributed by atoms with Gasteiger partial charge in [0.1, 0.15) is 0 Å². The topological polar surface area (TPSA) is 36.8 Å². The number of hydrogen-bond donors (Lipinski definition) is 0. The first kappa shape index (κ1) is 18.8. The van der Waals surface area contributed by atoms with Crippen molar-refractivity contribution in [3.63, 3.8) is 0 Å². The van der Waals surface area contributed by atoms with Gasteiger partial charge in [-0.3, -0.25) is 14.5 Å². The number of hydrogen-bond acceptors (Lipinski definition) is 5. The molecule has 3 heterocycles. The van der Waals surface area contributed by atoms with E-state index in [0.29, 0.717) is 18.0 Å². The lowest BCUT2D eigenvalue weighted by Gasteiger charge is -2.42. The molecule has 0 aliphatic carbocycles. The monoisotopic (exact) mass is 349 g/mol. The van der Waals surface area contributed by atoms with E-state index in [1.165, 1.54) is 24.9 Å². The summed E-state index contributed by atoms with van der Waals surface area (Å²) in [5.41, 5.74) is 1.36. The second-order valence-corrected chi connectivity index (χ2v) is 7.98. The molecule has 0 spiro atoms. The highest BCUT2D eigenvalue weighted by atomic mass is 16.5.